The van der Waals surface area contributed by atoms with Gasteiger partial charge in [0.25, 0.3) is 0 Å². The molecule has 0 amide bonds. The van der Waals surface area contributed by atoms with Gasteiger partial charge < -0.3 is 14.2 Å². The highest BCUT2D eigenvalue weighted by molar-refractivity contribution is 5.74. The number of rotatable bonds is 0. The van der Waals surface area contributed by atoms with Crippen LogP contribution in [0.1, 0.15) is 46.5 Å². The highest BCUT2D eigenvalue weighted by Crippen LogP contribution is 2.62. The lowest BCUT2D eigenvalue weighted by Gasteiger charge is -2.56. The van der Waals surface area contributed by atoms with Crippen molar-refractivity contribution in [2.75, 3.05) is 0 Å². The fourth-order valence-corrected chi connectivity index (χ4v) is 5.03. The van der Waals surface area contributed by atoms with Crippen LogP contribution in [0.2, 0.25) is 0 Å². The summed E-state index contributed by atoms with van der Waals surface area (Å²) in [7, 11) is 0. The van der Waals surface area contributed by atoms with Crippen molar-refractivity contribution in [3.05, 3.63) is 0 Å². The maximum absolute atomic E-state index is 12.1. The Labute approximate surface area is 113 Å². The lowest BCUT2D eigenvalue weighted by Crippen LogP contribution is -2.65. The number of carbonyl (C=O) groups is 1. The average molecular weight is 266 g/mol. The molecule has 4 nitrogen and oxygen atoms in total. The van der Waals surface area contributed by atoms with E-state index in [1.165, 1.54) is 6.42 Å². The van der Waals surface area contributed by atoms with Crippen LogP contribution in [0.5, 0.6) is 0 Å². The largest absolute Gasteiger partial charge is 0.432 e. The number of hydrogen-bond donors (Lipinski definition) is 0. The first kappa shape index (κ1) is 12.2. The van der Waals surface area contributed by atoms with Crippen LogP contribution in [0.3, 0.4) is 0 Å². The quantitative estimate of drug-likeness (QED) is 0.632. The fraction of sp³-hybridized carbons (Fsp3) is 0.933. The van der Waals surface area contributed by atoms with Gasteiger partial charge in [-0.1, -0.05) is 13.8 Å². The first-order chi connectivity index (χ1) is 8.96. The molecule has 0 radical (unpaired) electrons. The molecule has 0 unspecified atom stereocenters. The van der Waals surface area contributed by atoms with Gasteiger partial charge in [0, 0.05) is 12.3 Å². The minimum absolute atomic E-state index is 0.0738. The van der Waals surface area contributed by atoms with Crippen LogP contribution in [-0.4, -0.2) is 23.6 Å². The number of esters is 1. The van der Waals surface area contributed by atoms with Gasteiger partial charge in [-0.25, -0.2) is 0 Å². The van der Waals surface area contributed by atoms with Crippen molar-refractivity contribution in [2.45, 2.75) is 64.1 Å². The van der Waals surface area contributed by atoms with E-state index in [-0.39, 0.29) is 23.4 Å². The molecule has 4 fully saturated rings. The van der Waals surface area contributed by atoms with Gasteiger partial charge in [0.15, 0.2) is 5.79 Å². The zero-order valence-electron chi connectivity index (χ0n) is 11.8. The highest BCUT2D eigenvalue weighted by Gasteiger charge is 2.72. The van der Waals surface area contributed by atoms with E-state index in [0.29, 0.717) is 11.8 Å². The molecule has 106 valence electrons. The molecule has 3 heterocycles. The van der Waals surface area contributed by atoms with Crippen LogP contribution >= 0.6 is 0 Å². The van der Waals surface area contributed by atoms with Crippen molar-refractivity contribution < 1.29 is 19.0 Å². The third-order valence-corrected chi connectivity index (χ3v) is 6.00. The molecule has 7 atom stereocenters. The Bertz CT molecular complexity index is 436. The van der Waals surface area contributed by atoms with Crippen LogP contribution in [0.15, 0.2) is 0 Å². The summed E-state index contributed by atoms with van der Waals surface area (Å²) in [6.07, 6.45) is 3.76. The average Bonchev–Trinajstić information content (AvgIpc) is 2.56. The Morgan fingerprint density at radius 3 is 2.74 bits per heavy atom. The molecule has 3 saturated heterocycles. The minimum atomic E-state index is -0.555. The third-order valence-electron chi connectivity index (χ3n) is 6.00. The van der Waals surface area contributed by atoms with Gasteiger partial charge in [-0.2, -0.15) is 0 Å². The van der Waals surface area contributed by atoms with E-state index in [2.05, 4.69) is 6.92 Å². The Kier molecular flexibility index (Phi) is 2.26. The summed E-state index contributed by atoms with van der Waals surface area (Å²) in [6.45, 7) is 6.28. The predicted octanol–water partition coefficient (Wildman–Crippen LogP) is 2.46. The molecule has 0 N–H and O–H groups in total. The molecule has 1 aliphatic carbocycles. The number of hydrogen-bond acceptors (Lipinski definition) is 4. The fourth-order valence-electron chi connectivity index (χ4n) is 5.03. The van der Waals surface area contributed by atoms with Gasteiger partial charge in [0.2, 0.25) is 6.29 Å². The van der Waals surface area contributed by atoms with E-state index in [1.807, 2.05) is 13.8 Å². The molecular weight excluding hydrogens is 244 g/mol. The lowest BCUT2D eigenvalue weighted by molar-refractivity contribution is -0.263. The SMILES string of the molecule is C[C@@H]1CC[C@H]2[C@@H](C)C(=O)O[C@@H]3O[C@]4(C)CC[C@@H]1[C@]32O4. The molecule has 1 spiro atoms. The van der Waals surface area contributed by atoms with Gasteiger partial charge in [-0.05, 0) is 38.0 Å². The Hall–Kier alpha value is -0.610. The van der Waals surface area contributed by atoms with Crippen LogP contribution in [-0.2, 0) is 19.0 Å². The molecule has 1 saturated carbocycles. The van der Waals surface area contributed by atoms with Crippen molar-refractivity contribution in [3.63, 3.8) is 0 Å². The van der Waals surface area contributed by atoms with E-state index in [9.17, 15) is 4.79 Å². The molecule has 4 heteroatoms. The predicted molar refractivity (Wildman–Crippen MR) is 67.0 cm³/mol. The zero-order chi connectivity index (χ0) is 13.4. The summed E-state index contributed by atoms with van der Waals surface area (Å²) in [5.41, 5.74) is -0.377. The van der Waals surface area contributed by atoms with Gasteiger partial charge >= 0.3 is 5.97 Å². The summed E-state index contributed by atoms with van der Waals surface area (Å²) >= 11 is 0. The first-order valence-electron chi connectivity index (χ1n) is 7.55. The van der Waals surface area contributed by atoms with Gasteiger partial charge in [0.05, 0.1) is 5.92 Å². The number of fused-ring (bicyclic) bond motifs is 1. The molecule has 3 aliphatic heterocycles. The molecule has 2 bridgehead atoms. The number of carbonyl (C=O) groups excluding carboxylic acids is 1. The van der Waals surface area contributed by atoms with E-state index in [4.69, 9.17) is 14.2 Å². The minimum Gasteiger partial charge on any atom is -0.432 e. The monoisotopic (exact) mass is 266 g/mol. The molecular formula is C15H22O4. The third kappa shape index (κ3) is 1.34. The maximum atomic E-state index is 12.1. The lowest BCUT2D eigenvalue weighted by atomic mass is 9.57. The molecule has 0 aromatic rings. The standard InChI is InChI=1S/C15H22O4/c1-8-4-5-11-9(2)12(16)17-13-15(11)10(8)6-7-14(3,18-13)19-15/h8-11,13H,4-7H2,1-3H3/t8-,9-,10+,11+,13-,14+,15-/m1/s1. The molecule has 4 aliphatic rings. The first-order valence-corrected chi connectivity index (χ1v) is 7.55. The maximum Gasteiger partial charge on any atom is 0.311 e. The second-order valence-corrected chi connectivity index (χ2v) is 7.07. The number of ether oxygens (including phenoxy) is 3. The van der Waals surface area contributed by atoms with Gasteiger partial charge in [0.1, 0.15) is 5.60 Å². The van der Waals surface area contributed by atoms with E-state index in [0.717, 1.165) is 19.3 Å². The van der Waals surface area contributed by atoms with Crippen molar-refractivity contribution >= 4 is 5.97 Å². The smallest absolute Gasteiger partial charge is 0.311 e. The van der Waals surface area contributed by atoms with Gasteiger partial charge in [-0.3, -0.25) is 4.79 Å². The van der Waals surface area contributed by atoms with Crippen molar-refractivity contribution in [1.82, 2.24) is 0 Å². The van der Waals surface area contributed by atoms with E-state index >= 15 is 0 Å². The highest BCUT2D eigenvalue weighted by atomic mass is 16.8. The second-order valence-electron chi connectivity index (χ2n) is 7.07. The van der Waals surface area contributed by atoms with E-state index in [1.54, 1.807) is 0 Å². The molecule has 4 rings (SSSR count). The molecule has 19 heavy (non-hydrogen) atoms. The zero-order valence-corrected chi connectivity index (χ0v) is 11.8. The molecule has 0 aromatic carbocycles. The Balaban J connectivity index is 1.84. The van der Waals surface area contributed by atoms with Crippen LogP contribution in [0.25, 0.3) is 0 Å². The van der Waals surface area contributed by atoms with Gasteiger partial charge in [-0.15, -0.1) is 0 Å². The normalized spacial score (nSPS) is 59.5. The van der Waals surface area contributed by atoms with E-state index < -0.39 is 12.1 Å². The van der Waals surface area contributed by atoms with Crippen molar-refractivity contribution in [3.8, 4) is 0 Å². The summed E-state index contributed by atoms with van der Waals surface area (Å²) in [5, 5.41) is 0. The van der Waals surface area contributed by atoms with Crippen LogP contribution < -0.4 is 0 Å². The summed E-state index contributed by atoms with van der Waals surface area (Å²) in [5.74, 6) is 0.586. The summed E-state index contributed by atoms with van der Waals surface area (Å²) in [6, 6.07) is 0. The molecule has 0 aromatic heterocycles. The Morgan fingerprint density at radius 1 is 1.16 bits per heavy atom. The second kappa shape index (κ2) is 3.53. The van der Waals surface area contributed by atoms with Crippen molar-refractivity contribution in [2.24, 2.45) is 23.7 Å². The van der Waals surface area contributed by atoms with Crippen LogP contribution in [0, 0.1) is 23.7 Å². The Morgan fingerprint density at radius 2 is 1.95 bits per heavy atom. The topological polar surface area (TPSA) is 44.8 Å². The van der Waals surface area contributed by atoms with Crippen molar-refractivity contribution in [1.29, 1.82) is 0 Å². The summed E-state index contributed by atoms with van der Waals surface area (Å²) in [4.78, 5) is 12.1. The van der Waals surface area contributed by atoms with Crippen LogP contribution in [0.4, 0.5) is 0 Å². The summed E-state index contributed by atoms with van der Waals surface area (Å²) < 4.78 is 18.0.